The van der Waals surface area contributed by atoms with Crippen LogP contribution in [0, 0.1) is 0 Å². The van der Waals surface area contributed by atoms with Gasteiger partial charge in [-0.05, 0) is 36.2 Å². The first-order valence-electron chi connectivity index (χ1n) is 9.09. The second kappa shape index (κ2) is 8.44. The van der Waals surface area contributed by atoms with Crippen LogP contribution in [0.4, 0.5) is 9.80 Å². The van der Waals surface area contributed by atoms with E-state index >= 15 is 0 Å². The SMILES string of the molecule is CCS(=O)(=O)c1ccc(C(=O)Nc2sc3c(c2C(N)=O)CCN(C(=O)OC)C3)cc1. The average Bonchev–Trinajstić information content (AvgIpc) is 3.10. The third-order valence-corrected chi connectivity index (χ3v) is 7.70. The Kier molecular flexibility index (Phi) is 6.13. The molecule has 1 aromatic heterocycles. The van der Waals surface area contributed by atoms with Crippen LogP contribution in [0.3, 0.4) is 0 Å². The van der Waals surface area contributed by atoms with Gasteiger partial charge in [0.2, 0.25) is 0 Å². The van der Waals surface area contributed by atoms with Crippen LogP contribution in [0.5, 0.6) is 0 Å². The monoisotopic (exact) mass is 451 g/mol. The number of nitrogens with zero attached hydrogens (tertiary/aromatic N) is 1. The fraction of sp³-hybridized carbons (Fsp3) is 0.316. The summed E-state index contributed by atoms with van der Waals surface area (Å²) in [6.45, 7) is 2.17. The first-order valence-corrected chi connectivity index (χ1v) is 11.6. The van der Waals surface area contributed by atoms with Crippen molar-refractivity contribution >= 4 is 44.1 Å². The van der Waals surface area contributed by atoms with E-state index in [0.29, 0.717) is 23.5 Å². The lowest BCUT2D eigenvalue weighted by molar-refractivity contribution is 0.0999. The number of methoxy groups -OCH3 is 1. The number of primary amides is 1. The number of nitrogens with two attached hydrogens (primary N) is 1. The highest BCUT2D eigenvalue weighted by molar-refractivity contribution is 7.91. The number of carbonyl (C=O) groups excluding carboxylic acids is 3. The van der Waals surface area contributed by atoms with Crippen molar-refractivity contribution in [3.63, 3.8) is 0 Å². The van der Waals surface area contributed by atoms with Crippen LogP contribution < -0.4 is 11.1 Å². The summed E-state index contributed by atoms with van der Waals surface area (Å²) in [7, 11) is -2.07. The van der Waals surface area contributed by atoms with Crippen molar-refractivity contribution in [1.82, 2.24) is 4.90 Å². The van der Waals surface area contributed by atoms with Crippen molar-refractivity contribution in [1.29, 1.82) is 0 Å². The fourth-order valence-corrected chi connectivity index (χ4v) is 5.34. The molecule has 3 rings (SSSR count). The molecule has 0 saturated carbocycles. The number of fused-ring (bicyclic) bond motifs is 1. The molecule has 2 aromatic rings. The van der Waals surface area contributed by atoms with E-state index in [-0.39, 0.29) is 28.3 Å². The molecule has 9 nitrogen and oxygen atoms in total. The van der Waals surface area contributed by atoms with E-state index in [1.807, 2.05) is 0 Å². The molecular formula is C19H21N3O6S2. The Balaban J connectivity index is 1.86. The van der Waals surface area contributed by atoms with E-state index in [9.17, 15) is 22.8 Å². The number of carbonyl (C=O) groups is 3. The Hall–Kier alpha value is -2.92. The number of amides is 3. The highest BCUT2D eigenvalue weighted by atomic mass is 32.2. The average molecular weight is 452 g/mol. The molecule has 3 N–H and O–H groups in total. The van der Waals surface area contributed by atoms with Gasteiger partial charge in [-0.15, -0.1) is 11.3 Å². The number of sulfone groups is 1. The molecule has 0 spiro atoms. The van der Waals surface area contributed by atoms with E-state index in [0.717, 1.165) is 4.88 Å². The highest BCUT2D eigenvalue weighted by Gasteiger charge is 2.30. The van der Waals surface area contributed by atoms with Gasteiger partial charge in [0.1, 0.15) is 5.00 Å². The number of rotatable bonds is 5. The number of ether oxygens (including phenoxy) is 1. The molecule has 30 heavy (non-hydrogen) atoms. The lowest BCUT2D eigenvalue weighted by atomic mass is 10.0. The predicted octanol–water partition coefficient (Wildman–Crippen LogP) is 2.02. The molecule has 0 fully saturated rings. The number of anilines is 1. The van der Waals surface area contributed by atoms with Crippen LogP contribution in [0.15, 0.2) is 29.2 Å². The summed E-state index contributed by atoms with van der Waals surface area (Å²) in [5, 5.41) is 2.99. The van der Waals surface area contributed by atoms with Crippen LogP contribution in [0.2, 0.25) is 0 Å². The molecule has 1 aliphatic rings. The fourth-order valence-electron chi connectivity index (χ4n) is 3.19. The standard InChI is InChI=1S/C19H21N3O6S2/c1-3-30(26,27)12-6-4-11(5-7-12)17(24)21-18-15(16(20)23)13-8-9-22(19(25)28-2)10-14(13)29-18/h4-7H,3,8-10H2,1-2H3,(H2,20,23)(H,21,24). The minimum absolute atomic E-state index is 0.0378. The van der Waals surface area contributed by atoms with Crippen molar-refractivity contribution < 1.29 is 27.5 Å². The highest BCUT2D eigenvalue weighted by Crippen LogP contribution is 2.37. The maximum atomic E-state index is 12.7. The second-order valence-corrected chi connectivity index (χ2v) is 9.98. The molecule has 0 aliphatic carbocycles. The predicted molar refractivity (Wildman–Crippen MR) is 111 cm³/mol. The summed E-state index contributed by atoms with van der Waals surface area (Å²) in [6.07, 6.45) is -0.0547. The van der Waals surface area contributed by atoms with E-state index in [1.54, 1.807) is 6.92 Å². The first-order chi connectivity index (χ1) is 14.2. The maximum Gasteiger partial charge on any atom is 0.409 e. The van der Waals surface area contributed by atoms with E-state index in [4.69, 9.17) is 10.5 Å². The quantitative estimate of drug-likeness (QED) is 0.714. The summed E-state index contributed by atoms with van der Waals surface area (Å²) < 4.78 is 28.6. The summed E-state index contributed by atoms with van der Waals surface area (Å²) in [5.74, 6) is -1.20. The van der Waals surface area contributed by atoms with Crippen LogP contribution in [0.1, 0.15) is 38.1 Å². The van der Waals surface area contributed by atoms with Crippen LogP contribution in [-0.4, -0.2) is 50.6 Å². The topological polar surface area (TPSA) is 136 Å². The van der Waals surface area contributed by atoms with Gasteiger partial charge in [0.05, 0.1) is 29.9 Å². The molecule has 1 aromatic carbocycles. The van der Waals surface area contributed by atoms with Crippen molar-refractivity contribution in [2.24, 2.45) is 5.73 Å². The smallest absolute Gasteiger partial charge is 0.409 e. The molecule has 3 amide bonds. The Labute approximate surface area is 177 Å². The minimum Gasteiger partial charge on any atom is -0.453 e. The first kappa shape index (κ1) is 21.8. The van der Waals surface area contributed by atoms with Gasteiger partial charge < -0.3 is 20.7 Å². The van der Waals surface area contributed by atoms with Gasteiger partial charge in [0.25, 0.3) is 11.8 Å². The lowest BCUT2D eigenvalue weighted by Crippen LogP contribution is -2.35. The Morgan fingerprint density at radius 3 is 2.47 bits per heavy atom. The number of benzene rings is 1. The third kappa shape index (κ3) is 4.17. The summed E-state index contributed by atoms with van der Waals surface area (Å²) in [4.78, 5) is 38.9. The van der Waals surface area contributed by atoms with Gasteiger partial charge in [-0.2, -0.15) is 0 Å². The normalized spacial score (nSPS) is 13.5. The Morgan fingerprint density at radius 2 is 1.90 bits per heavy atom. The van der Waals surface area contributed by atoms with Crippen molar-refractivity contribution in [2.45, 2.75) is 24.8 Å². The van der Waals surface area contributed by atoms with E-state index in [2.05, 4.69) is 5.32 Å². The molecule has 0 saturated heterocycles. The molecular weight excluding hydrogens is 430 g/mol. The zero-order valence-electron chi connectivity index (χ0n) is 16.4. The number of hydrogen-bond acceptors (Lipinski definition) is 7. The number of hydrogen-bond donors (Lipinski definition) is 2. The number of nitrogens with one attached hydrogen (secondary N) is 1. The summed E-state index contributed by atoms with van der Waals surface area (Å²) in [6, 6.07) is 5.56. The van der Waals surface area contributed by atoms with Crippen molar-refractivity contribution in [3.05, 3.63) is 45.8 Å². The molecule has 2 heterocycles. The van der Waals surface area contributed by atoms with Crippen LogP contribution in [-0.2, 0) is 27.5 Å². The molecule has 1 aliphatic heterocycles. The molecule has 11 heteroatoms. The summed E-state index contributed by atoms with van der Waals surface area (Å²) in [5.41, 5.74) is 6.73. The molecule has 0 bridgehead atoms. The van der Waals surface area contributed by atoms with Crippen molar-refractivity contribution in [3.8, 4) is 0 Å². The van der Waals surface area contributed by atoms with E-state index < -0.39 is 27.7 Å². The van der Waals surface area contributed by atoms with Gasteiger partial charge >= 0.3 is 6.09 Å². The van der Waals surface area contributed by atoms with Gasteiger partial charge in [-0.1, -0.05) is 6.92 Å². The minimum atomic E-state index is -3.37. The molecule has 0 radical (unpaired) electrons. The van der Waals surface area contributed by atoms with E-state index in [1.165, 1.54) is 47.6 Å². The van der Waals surface area contributed by atoms with Gasteiger partial charge in [-0.25, -0.2) is 13.2 Å². The van der Waals surface area contributed by atoms with Crippen LogP contribution >= 0.6 is 11.3 Å². The molecule has 160 valence electrons. The van der Waals surface area contributed by atoms with Gasteiger partial charge in [0, 0.05) is 17.0 Å². The maximum absolute atomic E-state index is 12.7. The molecule has 0 atom stereocenters. The molecule has 0 unspecified atom stereocenters. The second-order valence-electron chi connectivity index (χ2n) is 6.60. The zero-order chi connectivity index (χ0) is 22.1. The third-order valence-electron chi connectivity index (χ3n) is 4.82. The Morgan fingerprint density at radius 1 is 1.23 bits per heavy atom. The lowest BCUT2D eigenvalue weighted by Gasteiger charge is -2.25. The Bertz CT molecular complexity index is 1110. The largest absolute Gasteiger partial charge is 0.453 e. The zero-order valence-corrected chi connectivity index (χ0v) is 18.1. The van der Waals surface area contributed by atoms with Gasteiger partial charge in [-0.3, -0.25) is 9.59 Å². The van der Waals surface area contributed by atoms with Gasteiger partial charge in [0.15, 0.2) is 9.84 Å². The number of thiophene rings is 1. The van der Waals surface area contributed by atoms with Crippen LogP contribution in [0.25, 0.3) is 0 Å². The van der Waals surface area contributed by atoms with Crippen molar-refractivity contribution in [2.75, 3.05) is 24.7 Å². The summed E-state index contributed by atoms with van der Waals surface area (Å²) >= 11 is 1.18.